The SMILES string of the molecule is Brc1ncnc2cc(I)cn12. The average molecular weight is 324 g/mol. The molecular formula is C6H3BrIN3. The monoisotopic (exact) mass is 323 g/mol. The van der Waals surface area contributed by atoms with E-state index in [1.54, 1.807) is 0 Å². The largest absolute Gasteiger partial charge is 0.279 e. The summed E-state index contributed by atoms with van der Waals surface area (Å²) in [4.78, 5) is 8.07. The van der Waals surface area contributed by atoms with Gasteiger partial charge in [0.2, 0.25) is 0 Å². The van der Waals surface area contributed by atoms with E-state index in [0.29, 0.717) is 0 Å². The van der Waals surface area contributed by atoms with Gasteiger partial charge in [-0.05, 0) is 44.6 Å². The van der Waals surface area contributed by atoms with Gasteiger partial charge in [0.15, 0.2) is 4.73 Å². The Bertz CT molecular complexity index is 398. The van der Waals surface area contributed by atoms with Crippen LogP contribution in [-0.2, 0) is 0 Å². The lowest BCUT2D eigenvalue weighted by Gasteiger charge is -1.93. The van der Waals surface area contributed by atoms with E-state index >= 15 is 0 Å². The minimum absolute atomic E-state index is 0.783. The quantitative estimate of drug-likeness (QED) is 0.695. The zero-order valence-electron chi connectivity index (χ0n) is 5.33. The van der Waals surface area contributed by atoms with Crippen LogP contribution in [0.3, 0.4) is 0 Å². The van der Waals surface area contributed by atoms with E-state index in [4.69, 9.17) is 0 Å². The first-order valence-corrected chi connectivity index (χ1v) is 4.78. The average Bonchev–Trinajstić information content (AvgIpc) is 2.31. The third-order valence-electron chi connectivity index (χ3n) is 1.32. The van der Waals surface area contributed by atoms with E-state index in [2.05, 4.69) is 48.5 Å². The van der Waals surface area contributed by atoms with Crippen LogP contribution in [0.5, 0.6) is 0 Å². The summed E-state index contributed by atoms with van der Waals surface area (Å²) in [6.07, 6.45) is 3.51. The highest BCUT2D eigenvalue weighted by atomic mass is 127. The molecule has 2 aromatic heterocycles. The standard InChI is InChI=1S/C6H3BrIN3/c7-6-10-3-9-5-1-4(8)2-11(5)6/h1-3H. The Morgan fingerprint density at radius 2 is 2.27 bits per heavy atom. The normalized spacial score (nSPS) is 10.7. The van der Waals surface area contributed by atoms with Gasteiger partial charge in [0.25, 0.3) is 0 Å². The van der Waals surface area contributed by atoms with Crippen LogP contribution < -0.4 is 0 Å². The molecule has 0 aromatic carbocycles. The maximum absolute atomic E-state index is 4.08. The maximum Gasteiger partial charge on any atom is 0.184 e. The van der Waals surface area contributed by atoms with Crippen LogP contribution >= 0.6 is 38.5 Å². The Labute approximate surface area is 85.1 Å². The molecule has 11 heavy (non-hydrogen) atoms. The van der Waals surface area contributed by atoms with Gasteiger partial charge in [-0.2, -0.15) is 0 Å². The van der Waals surface area contributed by atoms with Crippen molar-refractivity contribution < 1.29 is 0 Å². The van der Waals surface area contributed by atoms with Crippen molar-refractivity contribution >= 4 is 44.2 Å². The summed E-state index contributed by atoms with van der Waals surface area (Å²) in [6.45, 7) is 0. The second-order valence-electron chi connectivity index (χ2n) is 2.03. The molecule has 0 aliphatic rings. The first kappa shape index (κ1) is 7.48. The van der Waals surface area contributed by atoms with E-state index in [9.17, 15) is 0 Å². The maximum atomic E-state index is 4.08. The lowest BCUT2D eigenvalue weighted by molar-refractivity contribution is 0.981. The summed E-state index contributed by atoms with van der Waals surface area (Å²) in [5, 5.41) is 0. The summed E-state index contributed by atoms with van der Waals surface area (Å²) in [7, 11) is 0. The lowest BCUT2D eigenvalue weighted by atomic mass is 10.6. The first-order valence-electron chi connectivity index (χ1n) is 2.91. The molecule has 0 bridgehead atoms. The van der Waals surface area contributed by atoms with Gasteiger partial charge in [-0.3, -0.25) is 4.40 Å². The summed E-state index contributed by atoms with van der Waals surface area (Å²) in [6, 6.07) is 1.99. The molecule has 0 unspecified atom stereocenters. The van der Waals surface area contributed by atoms with E-state index in [-0.39, 0.29) is 0 Å². The van der Waals surface area contributed by atoms with Gasteiger partial charge in [0.05, 0.1) is 0 Å². The molecule has 56 valence electrons. The van der Waals surface area contributed by atoms with Crippen LogP contribution in [0.25, 0.3) is 5.65 Å². The molecule has 2 heterocycles. The predicted molar refractivity (Wildman–Crippen MR) is 53.4 cm³/mol. The van der Waals surface area contributed by atoms with E-state index in [1.807, 2.05) is 16.7 Å². The Kier molecular flexibility index (Phi) is 1.84. The van der Waals surface area contributed by atoms with Crippen molar-refractivity contribution in [2.75, 3.05) is 0 Å². The van der Waals surface area contributed by atoms with Gasteiger partial charge in [-0.15, -0.1) is 0 Å². The molecule has 0 aliphatic carbocycles. The summed E-state index contributed by atoms with van der Waals surface area (Å²) in [5.74, 6) is 0. The highest BCUT2D eigenvalue weighted by Gasteiger charge is 1.99. The second kappa shape index (κ2) is 2.71. The number of nitrogens with zero attached hydrogens (tertiary/aromatic N) is 3. The number of aromatic nitrogens is 3. The van der Waals surface area contributed by atoms with E-state index in [1.165, 1.54) is 6.33 Å². The Morgan fingerprint density at radius 1 is 1.45 bits per heavy atom. The van der Waals surface area contributed by atoms with Gasteiger partial charge >= 0.3 is 0 Å². The van der Waals surface area contributed by atoms with E-state index < -0.39 is 0 Å². The summed E-state index contributed by atoms with van der Waals surface area (Å²) in [5.41, 5.74) is 0.913. The molecule has 3 nitrogen and oxygen atoms in total. The molecular weight excluding hydrogens is 321 g/mol. The smallest absolute Gasteiger partial charge is 0.184 e. The molecule has 0 radical (unpaired) electrons. The van der Waals surface area contributed by atoms with Crippen LogP contribution in [0.15, 0.2) is 23.3 Å². The predicted octanol–water partition coefficient (Wildman–Crippen LogP) is 2.10. The molecule has 0 saturated heterocycles. The molecule has 2 rings (SSSR count). The molecule has 0 amide bonds. The summed E-state index contributed by atoms with van der Waals surface area (Å²) >= 11 is 5.56. The number of rotatable bonds is 0. The van der Waals surface area contributed by atoms with Gasteiger partial charge in [0, 0.05) is 9.77 Å². The van der Waals surface area contributed by atoms with Gasteiger partial charge in [0.1, 0.15) is 12.0 Å². The van der Waals surface area contributed by atoms with Crippen LogP contribution in [0.2, 0.25) is 0 Å². The second-order valence-corrected chi connectivity index (χ2v) is 3.98. The van der Waals surface area contributed by atoms with Crippen molar-refractivity contribution in [3.8, 4) is 0 Å². The number of hydrogen-bond acceptors (Lipinski definition) is 2. The zero-order valence-corrected chi connectivity index (χ0v) is 9.07. The number of halogens is 2. The van der Waals surface area contributed by atoms with Crippen molar-refractivity contribution in [2.24, 2.45) is 0 Å². The van der Waals surface area contributed by atoms with Crippen LogP contribution in [0.4, 0.5) is 0 Å². The Hall–Kier alpha value is -0.170. The lowest BCUT2D eigenvalue weighted by Crippen LogP contribution is -1.90. The topological polar surface area (TPSA) is 30.2 Å². The van der Waals surface area contributed by atoms with E-state index in [0.717, 1.165) is 14.0 Å². The fraction of sp³-hybridized carbons (Fsp3) is 0. The van der Waals surface area contributed by atoms with Crippen molar-refractivity contribution in [2.45, 2.75) is 0 Å². The van der Waals surface area contributed by atoms with Crippen molar-refractivity contribution in [1.29, 1.82) is 0 Å². The Balaban J connectivity index is 2.90. The minimum atomic E-state index is 0.783. The van der Waals surface area contributed by atoms with Crippen molar-refractivity contribution in [1.82, 2.24) is 14.4 Å². The molecule has 0 fully saturated rings. The summed E-state index contributed by atoms with van der Waals surface area (Å²) < 4.78 is 3.83. The molecule has 0 aliphatic heterocycles. The zero-order chi connectivity index (χ0) is 7.84. The number of fused-ring (bicyclic) bond motifs is 1. The van der Waals surface area contributed by atoms with Gasteiger partial charge in [-0.1, -0.05) is 0 Å². The molecule has 0 spiro atoms. The third kappa shape index (κ3) is 1.26. The van der Waals surface area contributed by atoms with Crippen LogP contribution in [0.1, 0.15) is 0 Å². The molecule has 0 N–H and O–H groups in total. The fourth-order valence-electron chi connectivity index (χ4n) is 0.865. The fourth-order valence-corrected chi connectivity index (χ4v) is 1.80. The first-order chi connectivity index (χ1) is 5.27. The molecule has 0 saturated carbocycles. The molecule has 0 atom stereocenters. The van der Waals surface area contributed by atoms with Crippen LogP contribution in [0, 0.1) is 3.57 Å². The van der Waals surface area contributed by atoms with Gasteiger partial charge in [-0.25, -0.2) is 9.97 Å². The van der Waals surface area contributed by atoms with Crippen LogP contribution in [-0.4, -0.2) is 14.4 Å². The highest BCUT2D eigenvalue weighted by molar-refractivity contribution is 14.1. The Morgan fingerprint density at radius 3 is 3.00 bits per heavy atom. The number of hydrogen-bond donors (Lipinski definition) is 0. The molecule has 2 aromatic rings. The minimum Gasteiger partial charge on any atom is -0.279 e. The molecule has 5 heteroatoms. The van der Waals surface area contributed by atoms with Crippen molar-refractivity contribution in [3.63, 3.8) is 0 Å². The van der Waals surface area contributed by atoms with Gasteiger partial charge < -0.3 is 0 Å². The highest BCUT2D eigenvalue weighted by Crippen LogP contribution is 2.13. The third-order valence-corrected chi connectivity index (χ3v) is 2.50. The van der Waals surface area contributed by atoms with Crippen molar-refractivity contribution in [3.05, 3.63) is 26.9 Å².